The molecule has 0 atom stereocenters. The lowest BCUT2D eigenvalue weighted by Gasteiger charge is -2.29. The smallest absolute Gasteiger partial charge is 0.253 e. The second-order valence-corrected chi connectivity index (χ2v) is 7.47. The lowest BCUT2D eigenvalue weighted by Crippen LogP contribution is -2.45. The van der Waals surface area contributed by atoms with Gasteiger partial charge in [0.2, 0.25) is 0 Å². The molecule has 1 saturated heterocycles. The first kappa shape index (κ1) is 17.5. The summed E-state index contributed by atoms with van der Waals surface area (Å²) < 4.78 is 5.25. The van der Waals surface area contributed by atoms with Gasteiger partial charge in [0, 0.05) is 18.4 Å². The average Bonchev–Trinajstić information content (AvgIpc) is 3.21. The van der Waals surface area contributed by atoms with Crippen molar-refractivity contribution in [2.75, 3.05) is 12.3 Å². The van der Waals surface area contributed by atoms with Gasteiger partial charge < -0.3 is 4.42 Å². The minimum Gasteiger partial charge on any atom is -0.465 e. The fourth-order valence-corrected chi connectivity index (χ4v) is 3.94. The Kier molecular flexibility index (Phi) is 5.43. The van der Waals surface area contributed by atoms with Crippen molar-refractivity contribution in [2.24, 2.45) is 4.99 Å². The molecular formula is C20H22N2O2S. The lowest BCUT2D eigenvalue weighted by molar-refractivity contribution is -0.124. The zero-order chi connectivity index (χ0) is 17.7. The molecule has 0 radical (unpaired) electrons. The number of amides is 1. The van der Waals surface area contributed by atoms with Crippen LogP contribution in [0.4, 0.5) is 0 Å². The van der Waals surface area contributed by atoms with Crippen LogP contribution in [0.3, 0.4) is 0 Å². The topological polar surface area (TPSA) is 45.8 Å². The monoisotopic (exact) mass is 354 g/mol. The number of furan rings is 1. The zero-order valence-electron chi connectivity index (χ0n) is 14.5. The molecule has 0 bridgehead atoms. The molecule has 1 fully saturated rings. The number of nitrogens with zero attached hydrogens (tertiary/aromatic N) is 2. The van der Waals surface area contributed by atoms with Crippen molar-refractivity contribution in [3.05, 3.63) is 66.1 Å². The van der Waals surface area contributed by atoms with Gasteiger partial charge in [-0.2, -0.15) is 0 Å². The molecule has 3 rings (SSSR count). The van der Waals surface area contributed by atoms with Crippen LogP contribution in [-0.4, -0.2) is 33.8 Å². The summed E-state index contributed by atoms with van der Waals surface area (Å²) in [5.74, 6) is 1.45. The molecule has 1 aliphatic heterocycles. The lowest BCUT2D eigenvalue weighted by atomic mass is 10.1. The molecule has 5 heteroatoms. The van der Waals surface area contributed by atoms with E-state index in [1.807, 2.05) is 24.3 Å². The van der Waals surface area contributed by atoms with Crippen molar-refractivity contribution >= 4 is 28.9 Å². The Bertz CT molecular complexity index is 764. The summed E-state index contributed by atoms with van der Waals surface area (Å²) in [6.07, 6.45) is 5.72. The number of benzene rings is 1. The summed E-state index contributed by atoms with van der Waals surface area (Å²) >= 11 is 1.64. The maximum Gasteiger partial charge on any atom is 0.253 e. The van der Waals surface area contributed by atoms with Gasteiger partial charge in [-0.1, -0.05) is 42.1 Å². The molecule has 2 aromatic rings. The Morgan fingerprint density at radius 2 is 2.08 bits per heavy atom. The number of amidine groups is 1. The highest BCUT2D eigenvalue weighted by Gasteiger charge is 2.40. The van der Waals surface area contributed by atoms with Gasteiger partial charge in [0.25, 0.3) is 5.91 Å². The van der Waals surface area contributed by atoms with E-state index in [1.54, 1.807) is 41.1 Å². The Balaban J connectivity index is 1.69. The van der Waals surface area contributed by atoms with Crippen molar-refractivity contribution in [1.29, 1.82) is 0 Å². The minimum atomic E-state index is -0.249. The van der Waals surface area contributed by atoms with E-state index in [9.17, 15) is 4.79 Å². The predicted octanol–water partition coefficient (Wildman–Crippen LogP) is 4.25. The van der Waals surface area contributed by atoms with E-state index in [4.69, 9.17) is 4.42 Å². The van der Waals surface area contributed by atoms with E-state index in [0.717, 1.165) is 17.3 Å². The Morgan fingerprint density at radius 1 is 1.28 bits per heavy atom. The second kappa shape index (κ2) is 7.74. The fourth-order valence-electron chi connectivity index (χ4n) is 2.68. The molecule has 1 aliphatic rings. The van der Waals surface area contributed by atoms with Crippen molar-refractivity contribution < 1.29 is 9.21 Å². The molecule has 0 unspecified atom stereocenters. The highest BCUT2D eigenvalue weighted by Crippen LogP contribution is 2.33. The van der Waals surface area contributed by atoms with Crippen LogP contribution in [-0.2, 0) is 11.2 Å². The molecule has 1 amide bonds. The molecule has 130 valence electrons. The number of hydrogen-bond acceptors (Lipinski definition) is 4. The van der Waals surface area contributed by atoms with Crippen molar-refractivity contribution in [1.82, 2.24) is 4.90 Å². The van der Waals surface area contributed by atoms with E-state index in [2.05, 4.69) is 31.0 Å². The summed E-state index contributed by atoms with van der Waals surface area (Å²) in [6.45, 7) is 4.81. The van der Waals surface area contributed by atoms with E-state index in [-0.39, 0.29) is 11.4 Å². The van der Waals surface area contributed by atoms with Gasteiger partial charge in [0.05, 0.1) is 11.8 Å². The number of hydrogen-bond donors (Lipinski definition) is 0. The van der Waals surface area contributed by atoms with Gasteiger partial charge in [-0.05, 0) is 44.0 Å². The van der Waals surface area contributed by atoms with Gasteiger partial charge in [-0.15, -0.1) is 0 Å². The van der Waals surface area contributed by atoms with E-state index >= 15 is 0 Å². The predicted molar refractivity (Wildman–Crippen MR) is 104 cm³/mol. The van der Waals surface area contributed by atoms with E-state index in [0.29, 0.717) is 12.3 Å². The first-order valence-electron chi connectivity index (χ1n) is 8.33. The third-order valence-corrected chi connectivity index (χ3v) is 5.42. The highest BCUT2D eigenvalue weighted by atomic mass is 32.2. The Labute approximate surface area is 152 Å². The molecule has 0 saturated carbocycles. The number of carbonyl (C=O) groups excluding carboxylic acids is 1. The van der Waals surface area contributed by atoms with E-state index in [1.165, 1.54) is 5.56 Å². The summed E-state index contributed by atoms with van der Waals surface area (Å²) in [5, 5.41) is 0.801. The molecule has 4 nitrogen and oxygen atoms in total. The Morgan fingerprint density at radius 3 is 2.80 bits per heavy atom. The third-order valence-electron chi connectivity index (χ3n) is 4.00. The minimum absolute atomic E-state index is 0.0649. The van der Waals surface area contributed by atoms with Crippen LogP contribution < -0.4 is 0 Å². The molecule has 0 N–H and O–H groups in total. The van der Waals surface area contributed by atoms with Crippen LogP contribution >= 0.6 is 11.8 Å². The van der Waals surface area contributed by atoms with Gasteiger partial charge in [0.1, 0.15) is 5.76 Å². The summed E-state index contributed by atoms with van der Waals surface area (Å²) in [4.78, 5) is 19.2. The van der Waals surface area contributed by atoms with Gasteiger partial charge in [-0.3, -0.25) is 14.7 Å². The normalized spacial score (nSPS) is 18.3. The van der Waals surface area contributed by atoms with Crippen LogP contribution in [0, 0.1) is 0 Å². The third kappa shape index (κ3) is 4.42. The maximum atomic E-state index is 12.7. The van der Waals surface area contributed by atoms with Crippen LogP contribution in [0.15, 0.2) is 64.2 Å². The quantitative estimate of drug-likeness (QED) is 0.754. The average molecular weight is 354 g/mol. The molecule has 1 aromatic carbocycles. The number of rotatable bonds is 5. The van der Waals surface area contributed by atoms with Crippen LogP contribution in [0.5, 0.6) is 0 Å². The Hall–Kier alpha value is -2.27. The van der Waals surface area contributed by atoms with Gasteiger partial charge >= 0.3 is 0 Å². The van der Waals surface area contributed by atoms with Gasteiger partial charge in [-0.25, -0.2) is 0 Å². The van der Waals surface area contributed by atoms with Crippen LogP contribution in [0.25, 0.3) is 6.08 Å². The molecular weight excluding hydrogens is 332 g/mol. The second-order valence-electron chi connectivity index (χ2n) is 6.52. The maximum absolute atomic E-state index is 12.7. The molecule has 2 heterocycles. The first-order chi connectivity index (χ1) is 12.1. The number of carbonyl (C=O) groups is 1. The summed E-state index contributed by atoms with van der Waals surface area (Å²) in [5.41, 5.74) is 1.01. The number of thioether (sulfide) groups is 1. The molecule has 0 aliphatic carbocycles. The molecule has 1 aromatic heterocycles. The van der Waals surface area contributed by atoms with Crippen molar-refractivity contribution in [3.8, 4) is 0 Å². The fraction of sp³-hybridized carbons (Fsp3) is 0.300. The van der Waals surface area contributed by atoms with Crippen LogP contribution in [0.2, 0.25) is 0 Å². The molecule has 0 spiro atoms. The first-order valence-corrected chi connectivity index (χ1v) is 9.32. The SMILES string of the molecule is CC1(C)CSC(=NCCc2ccccc2)N1C(=O)C=Cc1ccco1. The molecule has 25 heavy (non-hydrogen) atoms. The van der Waals surface area contributed by atoms with Gasteiger partial charge in [0.15, 0.2) is 5.17 Å². The summed E-state index contributed by atoms with van der Waals surface area (Å²) in [7, 11) is 0. The number of aliphatic imine (C=N–C) groups is 1. The summed E-state index contributed by atoms with van der Waals surface area (Å²) in [6, 6.07) is 13.9. The standard InChI is InChI=1S/C20H22N2O2S/c1-20(2)15-25-19(21-13-12-16-7-4-3-5-8-16)22(20)18(23)11-10-17-9-6-14-24-17/h3-11,14H,12-13,15H2,1-2H3. The zero-order valence-corrected chi connectivity index (χ0v) is 15.3. The van der Waals surface area contributed by atoms with E-state index < -0.39 is 0 Å². The van der Waals surface area contributed by atoms with Crippen molar-refractivity contribution in [2.45, 2.75) is 25.8 Å². The largest absolute Gasteiger partial charge is 0.465 e. The van der Waals surface area contributed by atoms with Crippen molar-refractivity contribution in [3.63, 3.8) is 0 Å². The highest BCUT2D eigenvalue weighted by molar-refractivity contribution is 8.14. The van der Waals surface area contributed by atoms with Crippen LogP contribution in [0.1, 0.15) is 25.2 Å².